The van der Waals surface area contributed by atoms with Crippen LogP contribution in [0.1, 0.15) is 18.2 Å². The van der Waals surface area contributed by atoms with Crippen molar-refractivity contribution in [3.05, 3.63) is 47.8 Å². The molecule has 0 amide bonds. The van der Waals surface area contributed by atoms with Gasteiger partial charge in [-0.15, -0.1) is 0 Å². The lowest BCUT2D eigenvalue weighted by Gasteiger charge is -2.21. The summed E-state index contributed by atoms with van der Waals surface area (Å²) in [4.78, 5) is 11.0. The van der Waals surface area contributed by atoms with Crippen molar-refractivity contribution in [1.82, 2.24) is 9.97 Å². The summed E-state index contributed by atoms with van der Waals surface area (Å²) in [5.74, 6) is 0.721. The van der Waals surface area contributed by atoms with Gasteiger partial charge < -0.3 is 10.6 Å². The van der Waals surface area contributed by atoms with Gasteiger partial charge in [0, 0.05) is 36.2 Å². The summed E-state index contributed by atoms with van der Waals surface area (Å²) in [6.07, 6.45) is 1.81. The lowest BCUT2D eigenvalue weighted by atomic mass is 10.2. The van der Waals surface area contributed by atoms with Crippen LogP contribution in [0.3, 0.4) is 0 Å². The molecule has 0 spiro atoms. The van der Waals surface area contributed by atoms with Gasteiger partial charge in [0.25, 0.3) is 0 Å². The minimum absolute atomic E-state index is 0.476. The van der Waals surface area contributed by atoms with Gasteiger partial charge >= 0.3 is 0 Å². The first kappa shape index (κ1) is 12.5. The molecule has 94 valence electrons. The first-order chi connectivity index (χ1) is 8.76. The summed E-state index contributed by atoms with van der Waals surface area (Å²) in [7, 11) is 0. The van der Waals surface area contributed by atoms with E-state index in [1.807, 2.05) is 31.3 Å². The zero-order valence-corrected chi connectivity index (χ0v) is 10.8. The first-order valence-electron chi connectivity index (χ1n) is 6.11. The Morgan fingerprint density at radius 2 is 1.94 bits per heavy atom. The highest BCUT2D eigenvalue weighted by atomic mass is 15.2. The van der Waals surface area contributed by atoms with Gasteiger partial charge in [-0.05, 0) is 26.0 Å². The van der Waals surface area contributed by atoms with Gasteiger partial charge in [-0.2, -0.15) is 0 Å². The monoisotopic (exact) mass is 242 g/mol. The van der Waals surface area contributed by atoms with Gasteiger partial charge in [-0.25, -0.2) is 9.97 Å². The largest absolute Gasteiger partial charge is 0.326 e. The molecule has 18 heavy (non-hydrogen) atoms. The van der Waals surface area contributed by atoms with Crippen molar-refractivity contribution >= 4 is 11.6 Å². The molecule has 0 unspecified atom stereocenters. The molecule has 1 heterocycles. The fourth-order valence-corrected chi connectivity index (χ4v) is 1.86. The zero-order valence-electron chi connectivity index (χ0n) is 10.8. The second kappa shape index (κ2) is 5.60. The zero-order chi connectivity index (χ0) is 13.0. The normalized spacial score (nSPS) is 10.4. The fraction of sp³-hybridized carbons (Fsp3) is 0.286. The standard InChI is InChI=1S/C14H18N4/c1-3-18(13-7-5-4-6-8-13)14-16-10-12(9-15)11(2)17-14/h4-8,10H,3,9,15H2,1-2H3. The second-order valence-corrected chi connectivity index (χ2v) is 4.06. The molecular formula is C14H18N4. The number of nitrogens with two attached hydrogens (primary N) is 1. The molecule has 0 bridgehead atoms. The topological polar surface area (TPSA) is 55.0 Å². The van der Waals surface area contributed by atoms with E-state index in [0.717, 1.165) is 29.4 Å². The van der Waals surface area contributed by atoms with E-state index in [1.54, 1.807) is 0 Å². The van der Waals surface area contributed by atoms with E-state index in [2.05, 4.69) is 33.9 Å². The van der Waals surface area contributed by atoms with Crippen LogP contribution in [0.25, 0.3) is 0 Å². The van der Waals surface area contributed by atoms with Crippen LogP contribution in [0.2, 0.25) is 0 Å². The Hall–Kier alpha value is -1.94. The molecule has 4 nitrogen and oxygen atoms in total. The van der Waals surface area contributed by atoms with Gasteiger partial charge in [-0.3, -0.25) is 0 Å². The summed E-state index contributed by atoms with van der Waals surface area (Å²) in [6, 6.07) is 10.1. The van der Waals surface area contributed by atoms with Gasteiger partial charge in [0.15, 0.2) is 0 Å². The number of benzene rings is 1. The maximum atomic E-state index is 5.63. The average Bonchev–Trinajstić information content (AvgIpc) is 2.41. The smallest absolute Gasteiger partial charge is 0.230 e. The van der Waals surface area contributed by atoms with E-state index in [9.17, 15) is 0 Å². The van der Waals surface area contributed by atoms with Gasteiger partial charge in [-0.1, -0.05) is 18.2 Å². The van der Waals surface area contributed by atoms with Crippen LogP contribution in [0.15, 0.2) is 36.5 Å². The van der Waals surface area contributed by atoms with Crippen molar-refractivity contribution in [2.75, 3.05) is 11.4 Å². The molecule has 4 heteroatoms. The number of aryl methyl sites for hydroxylation is 1. The lowest BCUT2D eigenvalue weighted by molar-refractivity contribution is 0.904. The number of anilines is 2. The molecule has 1 aromatic carbocycles. The predicted molar refractivity (Wildman–Crippen MR) is 73.8 cm³/mol. The Morgan fingerprint density at radius 3 is 2.50 bits per heavy atom. The molecule has 0 aliphatic rings. The molecule has 0 aliphatic heterocycles. The number of hydrogen-bond donors (Lipinski definition) is 1. The van der Waals surface area contributed by atoms with Crippen molar-refractivity contribution in [1.29, 1.82) is 0 Å². The Balaban J connectivity index is 2.37. The summed E-state index contributed by atoms with van der Waals surface area (Å²) in [6.45, 7) is 5.35. The Labute approximate surface area is 107 Å². The third-order valence-corrected chi connectivity index (χ3v) is 2.91. The van der Waals surface area contributed by atoms with E-state index < -0.39 is 0 Å². The Morgan fingerprint density at radius 1 is 1.22 bits per heavy atom. The Kier molecular flexibility index (Phi) is 3.89. The molecule has 2 rings (SSSR count). The molecule has 0 saturated carbocycles. The maximum Gasteiger partial charge on any atom is 0.230 e. The number of nitrogens with zero attached hydrogens (tertiary/aromatic N) is 3. The van der Waals surface area contributed by atoms with Crippen molar-refractivity contribution in [3.8, 4) is 0 Å². The third-order valence-electron chi connectivity index (χ3n) is 2.91. The highest BCUT2D eigenvalue weighted by Gasteiger charge is 2.10. The van der Waals surface area contributed by atoms with Crippen LogP contribution >= 0.6 is 0 Å². The summed E-state index contributed by atoms with van der Waals surface area (Å²) in [5.41, 5.74) is 8.65. The average molecular weight is 242 g/mol. The third kappa shape index (κ3) is 2.49. The summed E-state index contributed by atoms with van der Waals surface area (Å²) >= 11 is 0. The quantitative estimate of drug-likeness (QED) is 0.894. The number of rotatable bonds is 4. The van der Waals surface area contributed by atoms with Crippen LogP contribution in [0.4, 0.5) is 11.6 Å². The molecule has 0 aliphatic carbocycles. The second-order valence-electron chi connectivity index (χ2n) is 4.06. The predicted octanol–water partition coefficient (Wildman–Crippen LogP) is 2.40. The van der Waals surface area contributed by atoms with Gasteiger partial charge in [0.1, 0.15) is 0 Å². The maximum absolute atomic E-state index is 5.63. The van der Waals surface area contributed by atoms with Crippen LogP contribution in [-0.4, -0.2) is 16.5 Å². The minimum atomic E-state index is 0.476. The molecule has 2 aromatic rings. The minimum Gasteiger partial charge on any atom is -0.326 e. The lowest BCUT2D eigenvalue weighted by Crippen LogP contribution is -2.19. The number of para-hydroxylation sites is 1. The first-order valence-corrected chi connectivity index (χ1v) is 6.11. The van der Waals surface area contributed by atoms with Crippen molar-refractivity contribution < 1.29 is 0 Å². The van der Waals surface area contributed by atoms with Crippen molar-refractivity contribution in [3.63, 3.8) is 0 Å². The van der Waals surface area contributed by atoms with Gasteiger partial charge in [0.2, 0.25) is 5.95 Å². The number of aromatic nitrogens is 2. The van der Waals surface area contributed by atoms with Crippen molar-refractivity contribution in [2.24, 2.45) is 5.73 Å². The Bertz CT molecular complexity index is 510. The fourth-order valence-electron chi connectivity index (χ4n) is 1.86. The molecular weight excluding hydrogens is 224 g/mol. The molecule has 0 fully saturated rings. The van der Waals surface area contributed by atoms with E-state index in [4.69, 9.17) is 5.73 Å². The van der Waals surface area contributed by atoms with Crippen LogP contribution in [-0.2, 0) is 6.54 Å². The SMILES string of the molecule is CCN(c1ccccc1)c1ncc(CN)c(C)n1. The van der Waals surface area contributed by atoms with Crippen LogP contribution in [0.5, 0.6) is 0 Å². The summed E-state index contributed by atoms with van der Waals surface area (Å²) < 4.78 is 0. The van der Waals surface area contributed by atoms with Crippen LogP contribution < -0.4 is 10.6 Å². The van der Waals surface area contributed by atoms with E-state index in [-0.39, 0.29) is 0 Å². The molecule has 1 aromatic heterocycles. The molecule has 0 saturated heterocycles. The van der Waals surface area contributed by atoms with E-state index in [0.29, 0.717) is 6.54 Å². The van der Waals surface area contributed by atoms with E-state index >= 15 is 0 Å². The highest BCUT2D eigenvalue weighted by molar-refractivity contribution is 5.56. The van der Waals surface area contributed by atoms with Crippen LogP contribution in [0, 0.1) is 6.92 Å². The molecule has 0 atom stereocenters. The number of hydrogen-bond acceptors (Lipinski definition) is 4. The molecule has 0 radical (unpaired) electrons. The summed E-state index contributed by atoms with van der Waals surface area (Å²) in [5, 5.41) is 0. The highest BCUT2D eigenvalue weighted by Crippen LogP contribution is 2.21. The molecule has 2 N–H and O–H groups in total. The van der Waals surface area contributed by atoms with E-state index in [1.165, 1.54) is 0 Å². The van der Waals surface area contributed by atoms with Crippen molar-refractivity contribution in [2.45, 2.75) is 20.4 Å². The van der Waals surface area contributed by atoms with Gasteiger partial charge in [0.05, 0.1) is 0 Å².